The van der Waals surface area contributed by atoms with Gasteiger partial charge < -0.3 is 4.90 Å². The molecule has 1 saturated heterocycles. The number of nitrogens with zero attached hydrogens (tertiary/aromatic N) is 2. The molecule has 2 rings (SSSR count). The minimum absolute atomic E-state index is 0.296. The Bertz CT molecular complexity index is 337. The summed E-state index contributed by atoms with van der Waals surface area (Å²) in [6.45, 7) is 8.18. The molecular formula is C18H33N3. The molecule has 1 N–H and O–H groups in total. The van der Waals surface area contributed by atoms with Crippen molar-refractivity contribution in [2.45, 2.75) is 83.2 Å². The Morgan fingerprint density at radius 1 is 1.19 bits per heavy atom. The van der Waals surface area contributed by atoms with Gasteiger partial charge in [0.15, 0.2) is 0 Å². The average Bonchev–Trinajstić information content (AvgIpc) is 3.29. The van der Waals surface area contributed by atoms with Crippen LogP contribution in [0.25, 0.3) is 0 Å². The van der Waals surface area contributed by atoms with Crippen LogP contribution in [-0.4, -0.2) is 36.1 Å². The van der Waals surface area contributed by atoms with Gasteiger partial charge in [-0.3, -0.25) is 5.32 Å². The molecule has 0 bridgehead atoms. The molecule has 3 nitrogen and oxygen atoms in total. The van der Waals surface area contributed by atoms with Crippen molar-refractivity contribution in [1.29, 1.82) is 5.26 Å². The topological polar surface area (TPSA) is 39.1 Å². The summed E-state index contributed by atoms with van der Waals surface area (Å²) in [5.41, 5.74) is -0.296. The number of hydrogen-bond donors (Lipinski definition) is 1. The lowest BCUT2D eigenvalue weighted by Gasteiger charge is -2.32. The van der Waals surface area contributed by atoms with Gasteiger partial charge in [-0.25, -0.2) is 0 Å². The molecule has 0 aromatic carbocycles. The zero-order valence-corrected chi connectivity index (χ0v) is 14.0. The van der Waals surface area contributed by atoms with Crippen LogP contribution in [0.2, 0.25) is 0 Å². The predicted octanol–water partition coefficient (Wildman–Crippen LogP) is 3.70. The van der Waals surface area contributed by atoms with Gasteiger partial charge in [-0.2, -0.15) is 5.26 Å². The molecule has 1 atom stereocenters. The van der Waals surface area contributed by atoms with Gasteiger partial charge in [0, 0.05) is 6.04 Å². The second-order valence-electron chi connectivity index (χ2n) is 7.39. The van der Waals surface area contributed by atoms with E-state index in [0.29, 0.717) is 6.04 Å². The van der Waals surface area contributed by atoms with E-state index in [4.69, 9.17) is 0 Å². The summed E-state index contributed by atoms with van der Waals surface area (Å²) < 4.78 is 0. The Hall–Kier alpha value is -0.590. The van der Waals surface area contributed by atoms with Crippen molar-refractivity contribution in [2.24, 2.45) is 5.92 Å². The minimum Gasteiger partial charge on any atom is -0.303 e. The summed E-state index contributed by atoms with van der Waals surface area (Å²) in [6.07, 6.45) is 11.5. The third-order valence-corrected chi connectivity index (χ3v) is 5.15. The van der Waals surface area contributed by atoms with Gasteiger partial charge in [0.05, 0.1) is 6.07 Å². The molecule has 0 aromatic heterocycles. The fraction of sp³-hybridized carbons (Fsp3) is 0.944. The van der Waals surface area contributed by atoms with Crippen LogP contribution >= 0.6 is 0 Å². The average molecular weight is 291 g/mol. The van der Waals surface area contributed by atoms with Gasteiger partial charge >= 0.3 is 0 Å². The van der Waals surface area contributed by atoms with Crippen molar-refractivity contribution in [1.82, 2.24) is 10.2 Å². The summed E-state index contributed by atoms with van der Waals surface area (Å²) in [7, 11) is 0. The van der Waals surface area contributed by atoms with Crippen molar-refractivity contribution in [3.05, 3.63) is 0 Å². The number of piperidine rings is 1. The number of unbranched alkanes of at least 4 members (excludes halogenated alkanes) is 1. The minimum atomic E-state index is -0.296. The van der Waals surface area contributed by atoms with E-state index in [-0.39, 0.29) is 5.54 Å². The van der Waals surface area contributed by atoms with Crippen molar-refractivity contribution in [2.75, 3.05) is 19.6 Å². The monoisotopic (exact) mass is 291 g/mol. The Morgan fingerprint density at radius 2 is 1.90 bits per heavy atom. The lowest BCUT2D eigenvalue weighted by atomic mass is 9.92. The van der Waals surface area contributed by atoms with E-state index < -0.39 is 0 Å². The molecule has 1 aliphatic carbocycles. The molecule has 120 valence electrons. The van der Waals surface area contributed by atoms with Gasteiger partial charge in [-0.05, 0) is 77.4 Å². The molecule has 0 radical (unpaired) electrons. The van der Waals surface area contributed by atoms with E-state index in [1.165, 1.54) is 71.0 Å². The van der Waals surface area contributed by atoms with Crippen molar-refractivity contribution < 1.29 is 0 Å². The van der Waals surface area contributed by atoms with E-state index in [2.05, 4.69) is 30.1 Å². The van der Waals surface area contributed by atoms with E-state index in [1.807, 2.05) is 0 Å². The third kappa shape index (κ3) is 5.96. The predicted molar refractivity (Wildman–Crippen MR) is 88.1 cm³/mol. The van der Waals surface area contributed by atoms with Crippen LogP contribution in [0.15, 0.2) is 0 Å². The first-order valence-electron chi connectivity index (χ1n) is 9.06. The van der Waals surface area contributed by atoms with Crippen molar-refractivity contribution >= 4 is 0 Å². The van der Waals surface area contributed by atoms with Crippen LogP contribution in [0.3, 0.4) is 0 Å². The molecule has 0 amide bonds. The number of hydrogen-bond acceptors (Lipinski definition) is 3. The fourth-order valence-corrected chi connectivity index (χ4v) is 3.56. The molecule has 21 heavy (non-hydrogen) atoms. The third-order valence-electron chi connectivity index (χ3n) is 5.15. The summed E-state index contributed by atoms with van der Waals surface area (Å²) >= 11 is 0. The standard InChI is InChI=1S/C18H33N3/c1-3-6-16-9-13-21(14-10-16)12-5-4-11-18(2,15-19)20-17-7-8-17/h16-17,20H,3-14H2,1-2H3. The number of likely N-dealkylation sites (tertiary alicyclic amines) is 1. The Kier molecular flexibility index (Phi) is 6.51. The molecule has 2 aliphatic rings. The second kappa shape index (κ2) is 8.15. The van der Waals surface area contributed by atoms with E-state index in [1.54, 1.807) is 0 Å². The van der Waals surface area contributed by atoms with Gasteiger partial charge in [0.1, 0.15) is 5.54 Å². The highest BCUT2D eigenvalue weighted by Crippen LogP contribution is 2.25. The fourth-order valence-electron chi connectivity index (χ4n) is 3.56. The van der Waals surface area contributed by atoms with E-state index >= 15 is 0 Å². The normalized spacial score (nSPS) is 23.7. The number of rotatable bonds is 9. The summed E-state index contributed by atoms with van der Waals surface area (Å²) in [5.74, 6) is 0.982. The first-order chi connectivity index (χ1) is 10.1. The van der Waals surface area contributed by atoms with E-state index in [9.17, 15) is 5.26 Å². The SMILES string of the molecule is CCCC1CCN(CCCCC(C)(C#N)NC2CC2)CC1. The zero-order valence-electron chi connectivity index (χ0n) is 14.0. The van der Waals surface area contributed by atoms with Gasteiger partial charge in [0.25, 0.3) is 0 Å². The highest BCUT2D eigenvalue weighted by molar-refractivity contribution is 5.06. The maximum Gasteiger partial charge on any atom is 0.104 e. The molecule has 0 aromatic rings. The highest BCUT2D eigenvalue weighted by Gasteiger charge is 2.31. The quantitative estimate of drug-likeness (QED) is 0.658. The number of nitrogens with one attached hydrogen (secondary N) is 1. The molecular weight excluding hydrogens is 258 g/mol. The highest BCUT2D eigenvalue weighted by atomic mass is 15.1. The van der Waals surface area contributed by atoms with Crippen LogP contribution in [0.4, 0.5) is 0 Å². The summed E-state index contributed by atoms with van der Waals surface area (Å²) in [6, 6.07) is 3.10. The maximum absolute atomic E-state index is 9.37. The Morgan fingerprint density at radius 3 is 2.48 bits per heavy atom. The van der Waals surface area contributed by atoms with Crippen molar-refractivity contribution in [3.63, 3.8) is 0 Å². The zero-order chi connectivity index (χ0) is 15.1. The summed E-state index contributed by atoms with van der Waals surface area (Å²) in [5, 5.41) is 12.9. The lowest BCUT2D eigenvalue weighted by Crippen LogP contribution is -2.42. The smallest absolute Gasteiger partial charge is 0.104 e. The van der Waals surface area contributed by atoms with Crippen LogP contribution in [-0.2, 0) is 0 Å². The van der Waals surface area contributed by atoms with Crippen LogP contribution in [0.1, 0.15) is 71.6 Å². The molecule has 1 saturated carbocycles. The molecule has 1 aliphatic heterocycles. The first-order valence-corrected chi connectivity index (χ1v) is 9.06. The van der Waals surface area contributed by atoms with Crippen LogP contribution in [0, 0.1) is 17.2 Å². The molecule has 1 heterocycles. The Labute approximate surface area is 131 Å². The second-order valence-corrected chi connectivity index (χ2v) is 7.39. The molecule has 3 heteroatoms. The first kappa shape index (κ1) is 16.8. The van der Waals surface area contributed by atoms with E-state index in [0.717, 1.165) is 12.3 Å². The maximum atomic E-state index is 9.37. The van der Waals surface area contributed by atoms with Crippen LogP contribution in [0.5, 0.6) is 0 Å². The largest absolute Gasteiger partial charge is 0.303 e. The van der Waals surface area contributed by atoms with Crippen LogP contribution < -0.4 is 5.32 Å². The van der Waals surface area contributed by atoms with Crippen molar-refractivity contribution in [3.8, 4) is 6.07 Å². The molecule has 0 spiro atoms. The van der Waals surface area contributed by atoms with Gasteiger partial charge in [-0.1, -0.05) is 19.8 Å². The summed E-state index contributed by atoms with van der Waals surface area (Å²) in [4.78, 5) is 2.63. The molecule has 1 unspecified atom stereocenters. The Balaban J connectivity index is 1.56. The molecule has 2 fully saturated rings. The number of nitriles is 1. The lowest BCUT2D eigenvalue weighted by molar-refractivity contribution is 0.174. The van der Waals surface area contributed by atoms with Gasteiger partial charge in [-0.15, -0.1) is 0 Å². The van der Waals surface area contributed by atoms with Gasteiger partial charge in [0.2, 0.25) is 0 Å².